The smallest absolute Gasteiger partial charge is 0.210 e. The monoisotopic (exact) mass is 320 g/mol. The summed E-state index contributed by atoms with van der Waals surface area (Å²) in [6.07, 6.45) is 1.01. The van der Waals surface area contributed by atoms with Gasteiger partial charge in [0.15, 0.2) is 0 Å². The third-order valence-corrected chi connectivity index (χ3v) is 5.27. The molecule has 0 radical (unpaired) electrons. The fourth-order valence-electron chi connectivity index (χ4n) is 1.96. The van der Waals surface area contributed by atoms with E-state index in [0.717, 1.165) is 21.7 Å². The Morgan fingerprint density at radius 1 is 1.25 bits per heavy atom. The highest BCUT2D eigenvalue weighted by molar-refractivity contribution is 7.99. The Labute approximate surface area is 131 Å². The second-order valence-electron chi connectivity index (χ2n) is 4.50. The number of thiophene rings is 1. The summed E-state index contributed by atoms with van der Waals surface area (Å²) in [6.45, 7) is 4.24. The third-order valence-electron chi connectivity index (χ3n) is 2.93. The number of nitrogens with zero attached hydrogens (tertiary/aromatic N) is 2. The summed E-state index contributed by atoms with van der Waals surface area (Å²) < 4.78 is 0. The van der Waals surface area contributed by atoms with Gasteiger partial charge in [0, 0.05) is 15.2 Å². The van der Waals surface area contributed by atoms with E-state index in [2.05, 4.69) is 54.1 Å². The second-order valence-corrected chi connectivity index (χ2v) is 7.02. The van der Waals surface area contributed by atoms with E-state index < -0.39 is 0 Å². The lowest BCUT2D eigenvalue weighted by molar-refractivity contribution is 1.11. The molecular weight excluding hydrogens is 308 g/mol. The van der Waals surface area contributed by atoms with Crippen LogP contribution in [-0.4, -0.2) is 9.97 Å². The van der Waals surface area contributed by atoms with Gasteiger partial charge in [-0.15, -0.1) is 11.3 Å². The fourth-order valence-corrected chi connectivity index (χ4v) is 4.28. The van der Waals surface area contributed by atoms with Crippen molar-refractivity contribution in [3.05, 3.63) is 46.1 Å². The van der Waals surface area contributed by atoms with Gasteiger partial charge in [0.25, 0.3) is 0 Å². The summed E-state index contributed by atoms with van der Waals surface area (Å²) in [7, 11) is 0. The van der Waals surface area contributed by atoms with Crippen LogP contribution in [0.5, 0.6) is 0 Å². The number of benzene rings is 1. The molecule has 3 rings (SSSR count). The molecule has 2 heterocycles. The molecule has 3 aromatic rings. The van der Waals surface area contributed by atoms with Crippen molar-refractivity contribution in [3.63, 3.8) is 0 Å². The van der Waals surface area contributed by atoms with E-state index in [4.69, 9.17) is 11.6 Å². The van der Waals surface area contributed by atoms with Crippen molar-refractivity contribution in [2.75, 3.05) is 0 Å². The molecule has 0 spiro atoms. The van der Waals surface area contributed by atoms with E-state index in [1.165, 1.54) is 15.3 Å². The highest BCUT2D eigenvalue weighted by atomic mass is 35.5. The first-order chi connectivity index (χ1) is 9.65. The number of aryl methyl sites for hydroxylation is 2. The lowest BCUT2D eigenvalue weighted by atomic mass is 10.2. The van der Waals surface area contributed by atoms with Crippen molar-refractivity contribution in [2.24, 2.45) is 0 Å². The van der Waals surface area contributed by atoms with Crippen LogP contribution >= 0.6 is 34.7 Å². The van der Waals surface area contributed by atoms with Gasteiger partial charge < -0.3 is 0 Å². The van der Waals surface area contributed by atoms with Gasteiger partial charge in [0.1, 0.15) is 9.86 Å². The summed E-state index contributed by atoms with van der Waals surface area (Å²) in [6, 6.07) is 10.6. The van der Waals surface area contributed by atoms with E-state index in [-0.39, 0.29) is 0 Å². The lowest BCUT2D eigenvalue weighted by Crippen LogP contribution is -1.86. The summed E-state index contributed by atoms with van der Waals surface area (Å²) in [4.78, 5) is 12.2. The highest BCUT2D eigenvalue weighted by Gasteiger charge is 2.12. The van der Waals surface area contributed by atoms with Crippen LogP contribution in [0.15, 0.2) is 40.3 Å². The van der Waals surface area contributed by atoms with E-state index in [1.54, 1.807) is 23.1 Å². The van der Waals surface area contributed by atoms with Gasteiger partial charge in [0.05, 0.1) is 0 Å². The summed E-state index contributed by atoms with van der Waals surface area (Å²) in [5.41, 5.74) is 1.24. The molecule has 0 aliphatic heterocycles. The molecule has 0 saturated carbocycles. The van der Waals surface area contributed by atoms with Gasteiger partial charge in [-0.2, -0.15) is 0 Å². The molecule has 0 atom stereocenters. The Hall–Kier alpha value is -1.10. The predicted molar refractivity (Wildman–Crippen MR) is 87.1 cm³/mol. The molecule has 0 fully saturated rings. The number of halogens is 1. The van der Waals surface area contributed by atoms with Gasteiger partial charge >= 0.3 is 0 Å². The summed E-state index contributed by atoms with van der Waals surface area (Å²) in [5.74, 6) is 0. The van der Waals surface area contributed by atoms with Crippen LogP contribution in [0.3, 0.4) is 0 Å². The Bertz CT molecular complexity index is 768. The maximum absolute atomic E-state index is 6.04. The topological polar surface area (TPSA) is 25.8 Å². The van der Waals surface area contributed by atoms with E-state index in [9.17, 15) is 0 Å². The first-order valence-electron chi connectivity index (χ1n) is 6.36. The SMILES string of the molecule is CCc1cc2c(Sc3cccc(C)c3)nc(Cl)nc2s1. The van der Waals surface area contributed by atoms with E-state index >= 15 is 0 Å². The van der Waals surface area contributed by atoms with Gasteiger partial charge in [-0.25, -0.2) is 9.97 Å². The molecule has 2 aromatic heterocycles. The van der Waals surface area contributed by atoms with Crippen LogP contribution in [0.2, 0.25) is 5.28 Å². The fraction of sp³-hybridized carbons (Fsp3) is 0.200. The molecule has 5 heteroatoms. The first-order valence-corrected chi connectivity index (χ1v) is 8.37. The molecular formula is C15H13ClN2S2. The maximum atomic E-state index is 6.04. The molecule has 102 valence electrons. The molecule has 0 amide bonds. The number of fused-ring (bicyclic) bond motifs is 1. The molecule has 0 N–H and O–H groups in total. The molecule has 1 aromatic carbocycles. The predicted octanol–water partition coefficient (Wildman–Crippen LogP) is 5.37. The molecule has 0 aliphatic carbocycles. The van der Waals surface area contributed by atoms with Gasteiger partial charge in [-0.05, 0) is 43.1 Å². The van der Waals surface area contributed by atoms with Crippen LogP contribution in [0.1, 0.15) is 17.4 Å². The third kappa shape index (κ3) is 2.82. The van der Waals surface area contributed by atoms with Gasteiger partial charge in [-0.3, -0.25) is 0 Å². The van der Waals surface area contributed by atoms with Crippen molar-refractivity contribution < 1.29 is 0 Å². The quantitative estimate of drug-likeness (QED) is 0.479. The van der Waals surface area contributed by atoms with Gasteiger partial charge in [-0.1, -0.05) is 36.4 Å². The van der Waals surface area contributed by atoms with Crippen LogP contribution < -0.4 is 0 Å². The first kappa shape index (κ1) is 13.9. The van der Waals surface area contributed by atoms with Crippen molar-refractivity contribution in [3.8, 4) is 0 Å². The van der Waals surface area contributed by atoms with Crippen LogP contribution in [0.25, 0.3) is 10.2 Å². The molecule has 0 bridgehead atoms. The number of hydrogen-bond donors (Lipinski definition) is 0. The Balaban J connectivity index is 2.08. The Morgan fingerprint density at radius 3 is 2.85 bits per heavy atom. The van der Waals surface area contributed by atoms with Crippen LogP contribution in [0.4, 0.5) is 0 Å². The Morgan fingerprint density at radius 2 is 2.10 bits per heavy atom. The average Bonchev–Trinajstić information content (AvgIpc) is 2.82. The second kappa shape index (κ2) is 5.72. The maximum Gasteiger partial charge on any atom is 0.224 e. The lowest BCUT2D eigenvalue weighted by Gasteiger charge is -2.03. The zero-order valence-electron chi connectivity index (χ0n) is 11.2. The zero-order valence-corrected chi connectivity index (χ0v) is 13.6. The van der Waals surface area contributed by atoms with Crippen molar-refractivity contribution in [1.82, 2.24) is 9.97 Å². The molecule has 0 unspecified atom stereocenters. The zero-order chi connectivity index (χ0) is 14.1. The van der Waals surface area contributed by atoms with E-state index in [1.807, 2.05) is 0 Å². The molecule has 0 aliphatic rings. The minimum atomic E-state index is 0.317. The van der Waals surface area contributed by atoms with Crippen LogP contribution in [0, 0.1) is 6.92 Å². The molecule has 2 nitrogen and oxygen atoms in total. The molecule has 20 heavy (non-hydrogen) atoms. The average molecular weight is 321 g/mol. The number of rotatable bonds is 3. The Kier molecular flexibility index (Phi) is 3.96. The van der Waals surface area contributed by atoms with Crippen LogP contribution in [-0.2, 0) is 6.42 Å². The van der Waals surface area contributed by atoms with E-state index in [0.29, 0.717) is 5.28 Å². The number of hydrogen-bond acceptors (Lipinski definition) is 4. The standard InChI is InChI=1S/C15H13ClN2S2/c1-3-10-8-12-13(19-10)17-15(16)18-14(12)20-11-6-4-5-9(2)7-11/h4-8H,3H2,1-2H3. The summed E-state index contributed by atoms with van der Waals surface area (Å²) in [5, 5.41) is 2.35. The van der Waals surface area contributed by atoms with Crippen molar-refractivity contribution in [1.29, 1.82) is 0 Å². The van der Waals surface area contributed by atoms with Crippen molar-refractivity contribution in [2.45, 2.75) is 30.2 Å². The summed E-state index contributed by atoms with van der Waals surface area (Å²) >= 11 is 9.38. The highest BCUT2D eigenvalue weighted by Crippen LogP contribution is 2.36. The molecule has 0 saturated heterocycles. The van der Waals surface area contributed by atoms with Crippen molar-refractivity contribution >= 4 is 44.9 Å². The largest absolute Gasteiger partial charge is 0.224 e. The van der Waals surface area contributed by atoms with Gasteiger partial charge in [0.2, 0.25) is 5.28 Å². The minimum Gasteiger partial charge on any atom is -0.210 e. The number of aromatic nitrogens is 2. The minimum absolute atomic E-state index is 0.317. The normalized spacial score (nSPS) is 11.2.